The molecule has 5 rings (SSSR count). The molecule has 1 saturated carbocycles. The number of piperidine rings is 1. The molecule has 1 N–H and O–H groups in total. The number of pyridine rings is 1. The maximum absolute atomic E-state index is 13.6. The Labute approximate surface area is 190 Å². The van der Waals surface area contributed by atoms with E-state index < -0.39 is 0 Å². The fourth-order valence-corrected chi connectivity index (χ4v) is 5.70. The summed E-state index contributed by atoms with van der Waals surface area (Å²) < 4.78 is 0. The van der Waals surface area contributed by atoms with Gasteiger partial charge < -0.3 is 10.2 Å². The number of amides is 1. The van der Waals surface area contributed by atoms with Crippen molar-refractivity contribution in [3.8, 4) is 11.3 Å². The van der Waals surface area contributed by atoms with E-state index in [4.69, 9.17) is 4.98 Å². The van der Waals surface area contributed by atoms with E-state index in [0.717, 1.165) is 75.5 Å². The van der Waals surface area contributed by atoms with Crippen LogP contribution in [0, 0.1) is 0 Å². The topological polar surface area (TPSA) is 74.2 Å². The maximum Gasteiger partial charge on any atom is 0.240 e. The molecule has 0 aromatic carbocycles. The zero-order valence-electron chi connectivity index (χ0n) is 18.9. The normalized spacial score (nSPS) is 23.8. The Kier molecular flexibility index (Phi) is 6.35. The summed E-state index contributed by atoms with van der Waals surface area (Å²) in [6.07, 6.45) is 15.7. The third-order valence-corrected chi connectivity index (χ3v) is 7.47. The van der Waals surface area contributed by atoms with Crippen molar-refractivity contribution in [2.24, 2.45) is 0 Å². The molecular weight excluding hydrogens is 400 g/mol. The number of hydrogen-bond donors (Lipinski definition) is 1. The number of carbonyl (C=O) groups excluding carboxylic acids is 1. The molecule has 3 aliphatic rings. The standard InChI is InChI=1S/C25H34N6O/c32-23(25(11-3-1-4-12-25)31-15-5-2-6-16-31)28-21-10-17-30(19-21)24-27-14-9-22(29-24)20-8-7-13-26-18-20/h7-9,13-14,18,21H,1-6,10-12,15-17,19H2,(H,28,32). The van der Waals surface area contributed by atoms with Gasteiger partial charge in [0, 0.05) is 43.3 Å². The number of aromatic nitrogens is 3. The van der Waals surface area contributed by atoms with E-state index in [1.54, 1.807) is 6.20 Å². The Morgan fingerprint density at radius 3 is 2.59 bits per heavy atom. The monoisotopic (exact) mass is 434 g/mol. The minimum atomic E-state index is -0.289. The molecule has 3 fully saturated rings. The van der Waals surface area contributed by atoms with Crippen LogP contribution in [-0.4, -0.2) is 63.5 Å². The summed E-state index contributed by atoms with van der Waals surface area (Å²) in [4.78, 5) is 31.8. The molecule has 32 heavy (non-hydrogen) atoms. The number of nitrogens with one attached hydrogen (secondary N) is 1. The highest BCUT2D eigenvalue weighted by Gasteiger charge is 2.45. The highest BCUT2D eigenvalue weighted by molar-refractivity contribution is 5.87. The van der Waals surface area contributed by atoms with E-state index in [9.17, 15) is 4.79 Å². The van der Waals surface area contributed by atoms with Gasteiger partial charge in [0.2, 0.25) is 11.9 Å². The van der Waals surface area contributed by atoms with Crippen LogP contribution in [-0.2, 0) is 4.79 Å². The third-order valence-electron chi connectivity index (χ3n) is 7.47. The van der Waals surface area contributed by atoms with E-state index >= 15 is 0 Å². The van der Waals surface area contributed by atoms with Gasteiger partial charge in [0.15, 0.2) is 0 Å². The molecule has 4 heterocycles. The fourth-order valence-electron chi connectivity index (χ4n) is 5.70. The Morgan fingerprint density at radius 1 is 1.00 bits per heavy atom. The van der Waals surface area contributed by atoms with Crippen molar-refractivity contribution >= 4 is 11.9 Å². The Balaban J connectivity index is 1.26. The van der Waals surface area contributed by atoms with E-state index in [1.807, 2.05) is 30.6 Å². The van der Waals surface area contributed by atoms with Crippen molar-refractivity contribution in [3.63, 3.8) is 0 Å². The highest BCUT2D eigenvalue weighted by atomic mass is 16.2. The summed E-state index contributed by atoms with van der Waals surface area (Å²) in [5.74, 6) is 0.988. The van der Waals surface area contributed by atoms with Gasteiger partial charge in [0.1, 0.15) is 5.54 Å². The van der Waals surface area contributed by atoms with E-state index in [1.165, 1.54) is 25.7 Å². The summed E-state index contributed by atoms with van der Waals surface area (Å²) in [5, 5.41) is 3.44. The van der Waals surface area contributed by atoms with Crippen LogP contribution in [0.15, 0.2) is 36.8 Å². The van der Waals surface area contributed by atoms with Gasteiger partial charge in [-0.3, -0.25) is 14.7 Å². The molecule has 2 aromatic heterocycles. The van der Waals surface area contributed by atoms with Crippen molar-refractivity contribution in [1.82, 2.24) is 25.2 Å². The molecule has 7 nitrogen and oxygen atoms in total. The Morgan fingerprint density at radius 2 is 1.81 bits per heavy atom. The minimum Gasteiger partial charge on any atom is -0.350 e. The lowest BCUT2D eigenvalue weighted by Crippen LogP contribution is -2.62. The van der Waals surface area contributed by atoms with Gasteiger partial charge in [-0.25, -0.2) is 9.97 Å². The molecule has 7 heteroatoms. The van der Waals surface area contributed by atoms with Gasteiger partial charge in [-0.05, 0) is 63.4 Å². The lowest BCUT2D eigenvalue weighted by Gasteiger charge is -2.47. The van der Waals surface area contributed by atoms with Crippen molar-refractivity contribution in [3.05, 3.63) is 36.8 Å². The second-order valence-electron chi connectivity index (χ2n) is 9.53. The first-order valence-electron chi connectivity index (χ1n) is 12.3. The highest BCUT2D eigenvalue weighted by Crippen LogP contribution is 2.36. The lowest BCUT2D eigenvalue weighted by molar-refractivity contribution is -0.137. The van der Waals surface area contributed by atoms with Crippen molar-refractivity contribution < 1.29 is 4.79 Å². The number of nitrogens with zero attached hydrogens (tertiary/aromatic N) is 5. The van der Waals surface area contributed by atoms with E-state index in [0.29, 0.717) is 0 Å². The first-order chi connectivity index (χ1) is 15.7. The summed E-state index contributed by atoms with van der Waals surface area (Å²) in [6, 6.07) is 6.00. The maximum atomic E-state index is 13.6. The lowest BCUT2D eigenvalue weighted by atomic mass is 9.78. The molecule has 0 spiro atoms. The first-order valence-corrected chi connectivity index (χ1v) is 12.3. The van der Waals surface area contributed by atoms with E-state index in [-0.39, 0.29) is 17.5 Å². The first kappa shape index (κ1) is 21.3. The molecule has 2 saturated heterocycles. The molecule has 1 aliphatic carbocycles. The molecule has 2 aromatic rings. The quantitative estimate of drug-likeness (QED) is 0.777. The van der Waals surface area contributed by atoms with Crippen LogP contribution in [0.3, 0.4) is 0 Å². The van der Waals surface area contributed by atoms with Crippen LogP contribution < -0.4 is 10.2 Å². The number of rotatable bonds is 5. The number of carbonyl (C=O) groups is 1. The third kappa shape index (κ3) is 4.35. The summed E-state index contributed by atoms with van der Waals surface area (Å²) in [6.45, 7) is 3.76. The predicted molar refractivity (Wildman–Crippen MR) is 125 cm³/mol. The molecule has 0 radical (unpaired) electrons. The molecule has 1 amide bonds. The van der Waals surface area contributed by atoms with Crippen LogP contribution >= 0.6 is 0 Å². The average molecular weight is 435 g/mol. The fraction of sp³-hybridized carbons (Fsp3) is 0.600. The zero-order chi connectivity index (χ0) is 21.8. The number of likely N-dealkylation sites (tertiary alicyclic amines) is 1. The van der Waals surface area contributed by atoms with Gasteiger partial charge >= 0.3 is 0 Å². The van der Waals surface area contributed by atoms with Gasteiger partial charge in [-0.2, -0.15) is 0 Å². The summed E-state index contributed by atoms with van der Waals surface area (Å²) in [5.41, 5.74) is 1.57. The summed E-state index contributed by atoms with van der Waals surface area (Å²) in [7, 11) is 0. The Bertz CT molecular complexity index is 908. The van der Waals surface area contributed by atoms with Gasteiger partial charge in [0.25, 0.3) is 0 Å². The molecule has 170 valence electrons. The van der Waals surface area contributed by atoms with E-state index in [2.05, 4.69) is 25.1 Å². The molecule has 0 bridgehead atoms. The largest absolute Gasteiger partial charge is 0.350 e. The van der Waals surface area contributed by atoms with Crippen LogP contribution in [0.25, 0.3) is 11.3 Å². The van der Waals surface area contributed by atoms with Crippen LogP contribution in [0.2, 0.25) is 0 Å². The zero-order valence-corrected chi connectivity index (χ0v) is 18.9. The SMILES string of the molecule is O=C(NC1CCN(c2nccc(-c3cccnc3)n2)C1)C1(N2CCCCC2)CCCCC1. The molecule has 1 unspecified atom stereocenters. The average Bonchev–Trinajstić information content (AvgIpc) is 3.34. The second-order valence-corrected chi connectivity index (χ2v) is 9.53. The Hall–Kier alpha value is -2.54. The van der Waals surface area contributed by atoms with Crippen LogP contribution in [0.5, 0.6) is 0 Å². The van der Waals surface area contributed by atoms with Crippen molar-refractivity contribution in [1.29, 1.82) is 0 Å². The molecule has 1 atom stereocenters. The minimum absolute atomic E-state index is 0.150. The van der Waals surface area contributed by atoms with Crippen LogP contribution in [0.4, 0.5) is 5.95 Å². The van der Waals surface area contributed by atoms with Crippen LogP contribution in [0.1, 0.15) is 57.8 Å². The second kappa shape index (κ2) is 9.53. The number of anilines is 1. The summed E-state index contributed by atoms with van der Waals surface area (Å²) >= 11 is 0. The van der Waals surface area contributed by atoms with Crippen molar-refractivity contribution in [2.45, 2.75) is 69.4 Å². The number of hydrogen-bond acceptors (Lipinski definition) is 6. The van der Waals surface area contributed by atoms with Gasteiger partial charge in [-0.1, -0.05) is 25.7 Å². The smallest absolute Gasteiger partial charge is 0.240 e. The predicted octanol–water partition coefficient (Wildman–Crippen LogP) is 3.42. The van der Waals surface area contributed by atoms with Crippen molar-refractivity contribution in [2.75, 3.05) is 31.1 Å². The van der Waals surface area contributed by atoms with Gasteiger partial charge in [-0.15, -0.1) is 0 Å². The molecule has 2 aliphatic heterocycles. The molecular formula is C25H34N6O. The van der Waals surface area contributed by atoms with Gasteiger partial charge in [0.05, 0.1) is 5.69 Å².